The maximum Gasteiger partial charge on any atom is 0.0562 e. The van der Waals surface area contributed by atoms with Crippen LogP contribution in [-0.2, 0) is 10.8 Å². The molecule has 53 heavy (non-hydrogen) atoms. The normalized spacial score (nSPS) is 15.3. The fraction of sp³-hybridized carbons (Fsp3) is 0.160. The molecule has 0 saturated heterocycles. The van der Waals surface area contributed by atoms with E-state index in [1.54, 1.807) is 0 Å². The lowest BCUT2D eigenvalue weighted by Gasteiger charge is -2.42. The molecular weight excluding hydrogens is 643 g/mol. The van der Waals surface area contributed by atoms with Crippen LogP contribution < -0.4 is 0 Å². The molecule has 7 aromatic carbocycles. The average molecular weight is 684 g/mol. The molecule has 11 rings (SSSR count). The standard InChI is InChI=1S/C50H41N3/c1-49(2)25-26-50(3,4)42-30-46-40(29-41(42)49)39-28-38-37-21-10-13-24-45(37)53(47(38)31-48(39)51(46)32-15-6-5-7-16-32)34-18-14-17-33(27-34)52-43-22-11-8-19-35(43)36-20-9-12-23-44(36)52/h5-24,27-31H,25-26H2,1-4H3. The van der Waals surface area contributed by atoms with Crippen molar-refractivity contribution >= 4 is 65.4 Å². The van der Waals surface area contributed by atoms with E-state index in [9.17, 15) is 0 Å². The van der Waals surface area contributed by atoms with Gasteiger partial charge in [-0.1, -0.05) is 107 Å². The molecule has 1 aliphatic rings. The van der Waals surface area contributed by atoms with Crippen LogP contribution in [0.2, 0.25) is 0 Å². The maximum atomic E-state index is 2.55. The molecule has 3 aromatic heterocycles. The minimum Gasteiger partial charge on any atom is -0.309 e. The highest BCUT2D eigenvalue weighted by molar-refractivity contribution is 6.19. The van der Waals surface area contributed by atoms with Crippen molar-refractivity contribution in [2.75, 3.05) is 0 Å². The molecule has 0 fully saturated rings. The molecule has 1 aliphatic carbocycles. The van der Waals surface area contributed by atoms with E-state index in [0.717, 1.165) is 11.4 Å². The van der Waals surface area contributed by atoms with Crippen LogP contribution in [0.4, 0.5) is 0 Å². The minimum atomic E-state index is 0.121. The number of fused-ring (bicyclic) bond motifs is 10. The van der Waals surface area contributed by atoms with E-state index in [0.29, 0.717) is 0 Å². The summed E-state index contributed by atoms with van der Waals surface area (Å²) in [4.78, 5) is 0. The van der Waals surface area contributed by atoms with Gasteiger partial charge >= 0.3 is 0 Å². The van der Waals surface area contributed by atoms with Gasteiger partial charge in [-0.2, -0.15) is 0 Å². The summed E-state index contributed by atoms with van der Waals surface area (Å²) in [5.41, 5.74) is 14.1. The summed E-state index contributed by atoms with van der Waals surface area (Å²) in [6.45, 7) is 9.73. The van der Waals surface area contributed by atoms with Crippen LogP contribution in [0, 0.1) is 0 Å². The van der Waals surface area contributed by atoms with E-state index < -0.39 is 0 Å². The molecule has 256 valence electrons. The van der Waals surface area contributed by atoms with Gasteiger partial charge in [0.25, 0.3) is 0 Å². The minimum absolute atomic E-state index is 0.121. The Kier molecular flexibility index (Phi) is 6.19. The maximum absolute atomic E-state index is 2.55. The zero-order valence-electron chi connectivity index (χ0n) is 30.7. The Morgan fingerprint density at radius 3 is 1.30 bits per heavy atom. The fourth-order valence-electron chi connectivity index (χ4n) is 9.64. The van der Waals surface area contributed by atoms with Crippen LogP contribution in [0.5, 0.6) is 0 Å². The number of rotatable bonds is 3. The van der Waals surface area contributed by atoms with Gasteiger partial charge in [0, 0.05) is 49.4 Å². The Labute approximate surface area is 309 Å². The number of hydrogen-bond acceptors (Lipinski definition) is 0. The second-order valence-electron chi connectivity index (χ2n) is 16.5. The fourth-order valence-corrected chi connectivity index (χ4v) is 9.64. The van der Waals surface area contributed by atoms with Crippen molar-refractivity contribution in [2.45, 2.75) is 51.4 Å². The molecule has 0 radical (unpaired) electrons. The van der Waals surface area contributed by atoms with Crippen molar-refractivity contribution in [2.24, 2.45) is 0 Å². The Hall–Kier alpha value is -6.06. The monoisotopic (exact) mass is 683 g/mol. The van der Waals surface area contributed by atoms with E-state index in [4.69, 9.17) is 0 Å². The van der Waals surface area contributed by atoms with Crippen molar-refractivity contribution in [3.05, 3.63) is 163 Å². The molecule has 10 aromatic rings. The van der Waals surface area contributed by atoms with Gasteiger partial charge in [0.1, 0.15) is 0 Å². The summed E-state index contributed by atoms with van der Waals surface area (Å²) in [6.07, 6.45) is 2.39. The summed E-state index contributed by atoms with van der Waals surface area (Å²) >= 11 is 0. The molecule has 0 spiro atoms. The van der Waals surface area contributed by atoms with E-state index in [-0.39, 0.29) is 10.8 Å². The predicted octanol–water partition coefficient (Wildman–Crippen LogP) is 13.3. The first-order valence-electron chi connectivity index (χ1n) is 19.0. The van der Waals surface area contributed by atoms with Gasteiger partial charge in [-0.25, -0.2) is 0 Å². The highest BCUT2D eigenvalue weighted by atomic mass is 15.0. The quantitative estimate of drug-likeness (QED) is 0.176. The lowest BCUT2D eigenvalue weighted by Crippen LogP contribution is -2.33. The Morgan fingerprint density at radius 1 is 0.321 bits per heavy atom. The lowest BCUT2D eigenvalue weighted by molar-refractivity contribution is 0.332. The first-order chi connectivity index (χ1) is 25.8. The predicted molar refractivity (Wildman–Crippen MR) is 225 cm³/mol. The smallest absolute Gasteiger partial charge is 0.0562 e. The van der Waals surface area contributed by atoms with Gasteiger partial charge < -0.3 is 13.7 Å². The largest absolute Gasteiger partial charge is 0.309 e. The number of aromatic nitrogens is 3. The summed E-state index contributed by atoms with van der Waals surface area (Å²) < 4.78 is 7.41. The first kappa shape index (κ1) is 30.6. The van der Waals surface area contributed by atoms with Crippen LogP contribution in [0.3, 0.4) is 0 Å². The molecule has 3 nitrogen and oxygen atoms in total. The summed E-state index contributed by atoms with van der Waals surface area (Å²) in [5.74, 6) is 0. The molecule has 0 amide bonds. The molecular formula is C50H41N3. The topological polar surface area (TPSA) is 14.8 Å². The number of benzene rings is 7. The van der Waals surface area contributed by atoms with Crippen LogP contribution in [0.25, 0.3) is 82.5 Å². The third-order valence-electron chi connectivity index (χ3n) is 12.5. The van der Waals surface area contributed by atoms with Gasteiger partial charge in [-0.15, -0.1) is 0 Å². The molecule has 0 atom stereocenters. The average Bonchev–Trinajstić information content (AvgIpc) is 3.81. The van der Waals surface area contributed by atoms with Crippen molar-refractivity contribution in [3.8, 4) is 17.1 Å². The number of nitrogens with zero attached hydrogens (tertiary/aromatic N) is 3. The van der Waals surface area contributed by atoms with E-state index in [1.165, 1.54) is 95.1 Å². The third kappa shape index (κ3) is 4.28. The van der Waals surface area contributed by atoms with Crippen molar-refractivity contribution in [1.29, 1.82) is 0 Å². The zero-order chi connectivity index (χ0) is 35.6. The molecule has 3 heterocycles. The first-order valence-corrected chi connectivity index (χ1v) is 19.0. The number of para-hydroxylation sites is 4. The van der Waals surface area contributed by atoms with Crippen molar-refractivity contribution in [1.82, 2.24) is 13.7 Å². The van der Waals surface area contributed by atoms with Gasteiger partial charge in [0.05, 0.1) is 33.1 Å². The van der Waals surface area contributed by atoms with E-state index in [1.807, 2.05) is 0 Å². The Morgan fingerprint density at radius 2 is 0.717 bits per heavy atom. The van der Waals surface area contributed by atoms with Crippen LogP contribution >= 0.6 is 0 Å². The van der Waals surface area contributed by atoms with Crippen LogP contribution in [0.1, 0.15) is 51.7 Å². The van der Waals surface area contributed by atoms with Crippen molar-refractivity contribution in [3.63, 3.8) is 0 Å². The second kappa shape index (κ2) is 10.7. The molecule has 3 heteroatoms. The molecule has 0 aliphatic heterocycles. The van der Waals surface area contributed by atoms with Gasteiger partial charge in [0.15, 0.2) is 0 Å². The highest BCUT2D eigenvalue weighted by Gasteiger charge is 2.38. The molecule has 0 unspecified atom stereocenters. The molecule has 0 N–H and O–H groups in total. The summed E-state index contributed by atoms with van der Waals surface area (Å²) in [7, 11) is 0. The lowest BCUT2D eigenvalue weighted by atomic mass is 9.63. The Bertz CT molecular complexity index is 3060. The van der Waals surface area contributed by atoms with Gasteiger partial charge in [-0.3, -0.25) is 0 Å². The Balaban J connectivity index is 1.23. The molecule has 0 bridgehead atoms. The number of hydrogen-bond donors (Lipinski definition) is 0. The van der Waals surface area contributed by atoms with Gasteiger partial charge in [0.2, 0.25) is 0 Å². The summed E-state index contributed by atoms with van der Waals surface area (Å²) in [6, 6.07) is 56.5. The SMILES string of the molecule is CC1(C)CCC(C)(C)c2cc3c(cc21)c1cc2c4ccccc4n(-c4cccc(-n5c6ccccc6c6ccccc65)c4)c2cc1n3-c1ccccc1. The van der Waals surface area contributed by atoms with Crippen LogP contribution in [-0.4, -0.2) is 13.7 Å². The highest BCUT2D eigenvalue weighted by Crippen LogP contribution is 2.49. The van der Waals surface area contributed by atoms with Gasteiger partial charge in [-0.05, 0) is 108 Å². The van der Waals surface area contributed by atoms with Crippen LogP contribution in [0.15, 0.2) is 152 Å². The third-order valence-corrected chi connectivity index (χ3v) is 12.5. The zero-order valence-corrected chi connectivity index (χ0v) is 30.7. The van der Waals surface area contributed by atoms with Crippen molar-refractivity contribution < 1.29 is 0 Å². The summed E-state index contributed by atoms with van der Waals surface area (Å²) in [5, 5.41) is 7.73. The van der Waals surface area contributed by atoms with E-state index >= 15 is 0 Å². The second-order valence-corrected chi connectivity index (χ2v) is 16.5. The van der Waals surface area contributed by atoms with E-state index in [2.05, 4.69) is 193 Å². The molecule has 0 saturated carbocycles.